The number of carbonyl (C=O) groups is 1. The van der Waals surface area contributed by atoms with E-state index in [1.165, 1.54) is 0 Å². The van der Waals surface area contributed by atoms with E-state index < -0.39 is 0 Å². The van der Waals surface area contributed by atoms with Crippen molar-refractivity contribution in [3.63, 3.8) is 0 Å². The first kappa shape index (κ1) is 13.3. The summed E-state index contributed by atoms with van der Waals surface area (Å²) in [5.74, 6) is -0.242. The van der Waals surface area contributed by atoms with Crippen LogP contribution in [0.5, 0.6) is 0 Å². The Morgan fingerprint density at radius 2 is 2.22 bits per heavy atom. The van der Waals surface area contributed by atoms with Gasteiger partial charge in [0.1, 0.15) is 0 Å². The fourth-order valence-electron chi connectivity index (χ4n) is 1.42. The minimum Gasteiger partial charge on any atom is -0.347 e. The number of aromatic nitrogens is 1. The van der Waals surface area contributed by atoms with Crippen molar-refractivity contribution in [2.75, 3.05) is 0 Å². The molecule has 0 saturated carbocycles. The Hall–Kier alpha value is -1.10. The summed E-state index contributed by atoms with van der Waals surface area (Å²) in [5, 5.41) is 4.63. The lowest BCUT2D eigenvalue weighted by Crippen LogP contribution is -2.22. The second-order valence-electron chi connectivity index (χ2n) is 3.65. The molecular weight excluding hydrogens is 291 g/mol. The molecule has 94 valence electrons. The van der Waals surface area contributed by atoms with E-state index >= 15 is 0 Å². The number of carbonyl (C=O) groups excluding carboxylic acids is 1. The SMILES string of the molecule is Cc1ncc(CNC(=O)c2cc(Cl)ccc2Cl)s1. The number of benzene rings is 1. The number of nitrogens with one attached hydrogen (secondary N) is 1. The van der Waals surface area contributed by atoms with Gasteiger partial charge in [-0.1, -0.05) is 23.2 Å². The van der Waals surface area contributed by atoms with Crippen LogP contribution in [0.15, 0.2) is 24.4 Å². The molecule has 1 amide bonds. The van der Waals surface area contributed by atoms with Crippen molar-refractivity contribution in [1.82, 2.24) is 10.3 Å². The summed E-state index contributed by atoms with van der Waals surface area (Å²) in [6.45, 7) is 2.36. The molecule has 6 heteroatoms. The van der Waals surface area contributed by atoms with E-state index in [1.54, 1.807) is 35.7 Å². The van der Waals surface area contributed by atoms with E-state index in [4.69, 9.17) is 23.2 Å². The molecule has 2 aromatic rings. The highest BCUT2D eigenvalue weighted by Crippen LogP contribution is 2.20. The Labute approximate surface area is 119 Å². The lowest BCUT2D eigenvalue weighted by molar-refractivity contribution is 0.0951. The van der Waals surface area contributed by atoms with Crippen molar-refractivity contribution >= 4 is 40.4 Å². The maximum absolute atomic E-state index is 11.9. The molecule has 0 aliphatic rings. The van der Waals surface area contributed by atoms with E-state index in [0.29, 0.717) is 22.2 Å². The highest BCUT2D eigenvalue weighted by atomic mass is 35.5. The first-order chi connectivity index (χ1) is 8.56. The minimum atomic E-state index is -0.242. The van der Waals surface area contributed by atoms with Gasteiger partial charge in [0.15, 0.2) is 0 Å². The molecule has 0 atom stereocenters. The van der Waals surface area contributed by atoms with Crippen molar-refractivity contribution in [2.45, 2.75) is 13.5 Å². The molecule has 1 aromatic heterocycles. The summed E-state index contributed by atoms with van der Waals surface area (Å²) in [5.41, 5.74) is 0.380. The van der Waals surface area contributed by atoms with Gasteiger partial charge in [0.25, 0.3) is 5.91 Å². The zero-order valence-corrected chi connectivity index (χ0v) is 11.9. The van der Waals surface area contributed by atoms with Crippen molar-refractivity contribution in [3.05, 3.63) is 49.9 Å². The van der Waals surface area contributed by atoms with Crippen LogP contribution in [0.2, 0.25) is 10.0 Å². The van der Waals surface area contributed by atoms with E-state index in [9.17, 15) is 4.79 Å². The Morgan fingerprint density at radius 1 is 1.44 bits per heavy atom. The van der Waals surface area contributed by atoms with E-state index in [2.05, 4.69) is 10.3 Å². The molecule has 0 aliphatic carbocycles. The van der Waals surface area contributed by atoms with Crippen molar-refractivity contribution < 1.29 is 4.79 Å². The molecule has 1 heterocycles. The normalized spacial score (nSPS) is 10.4. The van der Waals surface area contributed by atoms with Crippen molar-refractivity contribution in [3.8, 4) is 0 Å². The molecule has 0 bridgehead atoms. The zero-order valence-electron chi connectivity index (χ0n) is 9.54. The number of hydrogen-bond donors (Lipinski definition) is 1. The standard InChI is InChI=1S/C12H10Cl2N2OS/c1-7-15-5-9(18-7)6-16-12(17)10-4-8(13)2-3-11(10)14/h2-5H,6H2,1H3,(H,16,17). The number of hydrogen-bond acceptors (Lipinski definition) is 3. The smallest absolute Gasteiger partial charge is 0.253 e. The average Bonchev–Trinajstić information content (AvgIpc) is 2.75. The predicted molar refractivity (Wildman–Crippen MR) is 74.5 cm³/mol. The number of thiazole rings is 1. The summed E-state index contributed by atoms with van der Waals surface area (Å²) in [6, 6.07) is 4.81. The fourth-order valence-corrected chi connectivity index (χ4v) is 2.53. The van der Waals surface area contributed by atoms with Crippen LogP contribution in [0.1, 0.15) is 20.2 Å². The molecule has 0 saturated heterocycles. The molecule has 0 fully saturated rings. The average molecular weight is 301 g/mol. The van der Waals surface area contributed by atoms with E-state index in [1.807, 2.05) is 6.92 Å². The lowest BCUT2D eigenvalue weighted by atomic mass is 10.2. The maximum Gasteiger partial charge on any atom is 0.253 e. The zero-order chi connectivity index (χ0) is 13.1. The summed E-state index contributed by atoms with van der Waals surface area (Å²) in [7, 11) is 0. The Balaban J connectivity index is 2.05. The largest absolute Gasteiger partial charge is 0.347 e. The van der Waals surface area contributed by atoms with Crippen LogP contribution in [0.25, 0.3) is 0 Å². The second-order valence-corrected chi connectivity index (χ2v) is 5.82. The molecule has 18 heavy (non-hydrogen) atoms. The van der Waals surface area contributed by atoms with Crippen LogP contribution in [0, 0.1) is 6.92 Å². The quantitative estimate of drug-likeness (QED) is 0.939. The van der Waals surface area contributed by atoms with Crippen LogP contribution >= 0.6 is 34.5 Å². The molecule has 0 unspecified atom stereocenters. The summed E-state index contributed by atoms with van der Waals surface area (Å²) < 4.78 is 0. The first-order valence-electron chi connectivity index (χ1n) is 5.21. The van der Waals surface area contributed by atoms with Gasteiger partial charge in [0.2, 0.25) is 0 Å². The van der Waals surface area contributed by atoms with Crippen LogP contribution in [0.3, 0.4) is 0 Å². The topological polar surface area (TPSA) is 42.0 Å². The predicted octanol–water partition coefficient (Wildman–Crippen LogP) is 3.69. The summed E-state index contributed by atoms with van der Waals surface area (Å²) in [6.07, 6.45) is 1.75. The van der Waals surface area contributed by atoms with E-state index in [-0.39, 0.29) is 5.91 Å². The molecule has 0 radical (unpaired) electrons. The first-order valence-corrected chi connectivity index (χ1v) is 6.78. The van der Waals surface area contributed by atoms with Gasteiger partial charge < -0.3 is 5.32 Å². The molecule has 3 nitrogen and oxygen atoms in total. The summed E-state index contributed by atoms with van der Waals surface area (Å²) in [4.78, 5) is 17.0. The molecule has 0 aliphatic heterocycles. The molecule has 1 aromatic carbocycles. The third-order valence-corrected chi connectivity index (χ3v) is 3.74. The van der Waals surface area contributed by atoms with Crippen LogP contribution < -0.4 is 5.32 Å². The van der Waals surface area contributed by atoms with Gasteiger partial charge in [0, 0.05) is 16.1 Å². The highest BCUT2D eigenvalue weighted by molar-refractivity contribution is 7.11. The minimum absolute atomic E-state index is 0.242. The van der Waals surface area contributed by atoms with Gasteiger partial charge in [-0.3, -0.25) is 4.79 Å². The number of amides is 1. The van der Waals surface area contributed by atoms with Crippen LogP contribution in [-0.2, 0) is 6.54 Å². The third kappa shape index (κ3) is 3.22. The van der Waals surface area contributed by atoms with Gasteiger partial charge >= 0.3 is 0 Å². The Kier molecular flexibility index (Phi) is 4.22. The van der Waals surface area contributed by atoms with Gasteiger partial charge in [-0.25, -0.2) is 4.98 Å². The van der Waals surface area contributed by atoms with Crippen molar-refractivity contribution in [2.24, 2.45) is 0 Å². The van der Waals surface area contributed by atoms with Gasteiger partial charge in [-0.05, 0) is 25.1 Å². The fraction of sp³-hybridized carbons (Fsp3) is 0.167. The lowest BCUT2D eigenvalue weighted by Gasteiger charge is -2.05. The number of aryl methyl sites for hydroxylation is 1. The van der Waals surface area contributed by atoms with Gasteiger partial charge in [0.05, 0.1) is 22.1 Å². The summed E-state index contributed by atoms with van der Waals surface area (Å²) >= 11 is 13.3. The monoisotopic (exact) mass is 300 g/mol. The second kappa shape index (κ2) is 5.69. The van der Waals surface area contributed by atoms with Crippen molar-refractivity contribution in [1.29, 1.82) is 0 Å². The van der Waals surface area contributed by atoms with Gasteiger partial charge in [-0.2, -0.15) is 0 Å². The van der Waals surface area contributed by atoms with Gasteiger partial charge in [-0.15, -0.1) is 11.3 Å². The molecular formula is C12H10Cl2N2OS. The Morgan fingerprint density at radius 3 is 2.89 bits per heavy atom. The number of halogens is 2. The Bertz CT molecular complexity index is 583. The van der Waals surface area contributed by atoms with E-state index in [0.717, 1.165) is 9.88 Å². The maximum atomic E-state index is 11.9. The third-order valence-electron chi connectivity index (χ3n) is 2.27. The molecule has 1 N–H and O–H groups in total. The highest BCUT2D eigenvalue weighted by Gasteiger charge is 2.11. The number of nitrogens with zero attached hydrogens (tertiary/aromatic N) is 1. The number of rotatable bonds is 3. The van der Waals surface area contributed by atoms with Crippen LogP contribution in [-0.4, -0.2) is 10.9 Å². The molecule has 0 spiro atoms. The van der Waals surface area contributed by atoms with Crippen LogP contribution in [0.4, 0.5) is 0 Å². The molecule has 2 rings (SSSR count).